The maximum Gasteiger partial charge on any atom is 0.228 e. The van der Waals surface area contributed by atoms with Crippen LogP contribution in [0.3, 0.4) is 0 Å². The molecule has 0 spiro atoms. The second-order valence-corrected chi connectivity index (χ2v) is 7.25. The van der Waals surface area contributed by atoms with E-state index in [1.54, 1.807) is 6.20 Å². The van der Waals surface area contributed by atoms with Gasteiger partial charge in [0, 0.05) is 36.3 Å². The Hall–Kier alpha value is -2.93. The number of carbonyl (C=O) groups excluding carboxylic acids is 1. The van der Waals surface area contributed by atoms with Crippen LogP contribution in [-0.4, -0.2) is 40.4 Å². The second kappa shape index (κ2) is 7.98. The van der Waals surface area contributed by atoms with E-state index in [2.05, 4.69) is 20.5 Å². The molecular weight excluding hydrogens is 356 g/mol. The molecule has 1 fully saturated rings. The number of H-pyrrole nitrogens is 1. The van der Waals surface area contributed by atoms with Gasteiger partial charge >= 0.3 is 0 Å². The molecule has 3 heterocycles. The van der Waals surface area contributed by atoms with Crippen LogP contribution in [0.25, 0.3) is 22.2 Å². The van der Waals surface area contributed by atoms with E-state index in [1.165, 1.54) is 0 Å². The molecule has 146 valence electrons. The minimum atomic E-state index is -0.0267. The third kappa shape index (κ3) is 3.99. The van der Waals surface area contributed by atoms with Crippen molar-refractivity contribution in [3.05, 3.63) is 36.5 Å². The highest BCUT2D eigenvalue weighted by Gasteiger charge is 2.22. The lowest BCUT2D eigenvalue weighted by atomic mass is 9.99. The van der Waals surface area contributed by atoms with Crippen molar-refractivity contribution < 1.29 is 14.3 Å². The number of amides is 1. The van der Waals surface area contributed by atoms with Crippen LogP contribution in [0.5, 0.6) is 5.75 Å². The predicted octanol–water partition coefficient (Wildman–Crippen LogP) is 3.78. The van der Waals surface area contributed by atoms with Crippen LogP contribution in [-0.2, 0) is 9.53 Å². The van der Waals surface area contributed by atoms with Crippen molar-refractivity contribution in [1.82, 2.24) is 15.2 Å². The molecule has 4 rings (SSSR count). The van der Waals surface area contributed by atoms with Gasteiger partial charge in [0.2, 0.25) is 5.91 Å². The lowest BCUT2D eigenvalue weighted by Crippen LogP contribution is -2.28. The molecule has 7 heteroatoms. The lowest BCUT2D eigenvalue weighted by Gasteiger charge is -2.21. The first kappa shape index (κ1) is 18.4. The van der Waals surface area contributed by atoms with Gasteiger partial charge in [0.05, 0.1) is 11.6 Å². The highest BCUT2D eigenvalue weighted by Crippen LogP contribution is 2.30. The average Bonchev–Trinajstić information content (AvgIpc) is 3.11. The maximum absolute atomic E-state index is 12.5. The van der Waals surface area contributed by atoms with Crippen LogP contribution >= 0.6 is 0 Å². The molecule has 0 atom stereocenters. The first-order chi connectivity index (χ1) is 13.6. The van der Waals surface area contributed by atoms with Crippen LogP contribution < -0.4 is 10.1 Å². The Morgan fingerprint density at radius 2 is 2.07 bits per heavy atom. The smallest absolute Gasteiger partial charge is 0.228 e. The van der Waals surface area contributed by atoms with E-state index < -0.39 is 0 Å². The summed E-state index contributed by atoms with van der Waals surface area (Å²) in [6.45, 7) is 5.25. The highest BCUT2D eigenvalue weighted by atomic mass is 16.5. The molecular formula is C21H24N4O3. The minimum absolute atomic E-state index is 0.00699. The van der Waals surface area contributed by atoms with Crippen molar-refractivity contribution in [2.75, 3.05) is 18.5 Å². The fraction of sp³-hybridized carbons (Fsp3) is 0.381. The summed E-state index contributed by atoms with van der Waals surface area (Å²) in [5.74, 6) is 1.29. The third-order valence-electron chi connectivity index (χ3n) is 4.78. The summed E-state index contributed by atoms with van der Waals surface area (Å²) in [6, 6.07) is 9.60. The van der Waals surface area contributed by atoms with Crippen LogP contribution in [0, 0.1) is 5.92 Å². The molecule has 0 saturated carbocycles. The number of nitrogens with one attached hydrogen (secondary N) is 2. The van der Waals surface area contributed by atoms with E-state index in [-0.39, 0.29) is 17.9 Å². The van der Waals surface area contributed by atoms with Gasteiger partial charge in [-0.1, -0.05) is 0 Å². The zero-order valence-corrected chi connectivity index (χ0v) is 16.1. The molecule has 0 unspecified atom stereocenters. The van der Waals surface area contributed by atoms with E-state index in [0.717, 1.165) is 40.8 Å². The Morgan fingerprint density at radius 3 is 2.86 bits per heavy atom. The highest BCUT2D eigenvalue weighted by molar-refractivity contribution is 5.95. The molecule has 1 aromatic carbocycles. The van der Waals surface area contributed by atoms with Gasteiger partial charge in [-0.05, 0) is 57.0 Å². The quantitative estimate of drug-likeness (QED) is 0.703. The Balaban J connectivity index is 1.59. The number of carbonyl (C=O) groups is 1. The molecule has 2 aromatic heterocycles. The second-order valence-electron chi connectivity index (χ2n) is 7.25. The van der Waals surface area contributed by atoms with E-state index in [1.807, 2.05) is 44.2 Å². The van der Waals surface area contributed by atoms with Crippen molar-refractivity contribution in [1.29, 1.82) is 0 Å². The number of rotatable bonds is 5. The van der Waals surface area contributed by atoms with Gasteiger partial charge in [-0.15, -0.1) is 0 Å². The van der Waals surface area contributed by atoms with E-state index >= 15 is 0 Å². The number of fused-ring (bicyclic) bond motifs is 1. The van der Waals surface area contributed by atoms with E-state index in [9.17, 15) is 4.79 Å². The molecule has 28 heavy (non-hydrogen) atoms. The lowest BCUT2D eigenvalue weighted by molar-refractivity contribution is -0.122. The number of aromatic nitrogens is 3. The van der Waals surface area contributed by atoms with Gasteiger partial charge in [0.15, 0.2) is 0 Å². The van der Waals surface area contributed by atoms with E-state index in [0.29, 0.717) is 19.0 Å². The molecule has 1 aliphatic rings. The SMILES string of the molecule is CC(C)Oc1ccc2[nH]nc(-c3ccnc(NC(=O)C4CCOCC4)c3)c2c1. The zero-order valence-electron chi connectivity index (χ0n) is 16.1. The zero-order chi connectivity index (χ0) is 19.5. The van der Waals surface area contributed by atoms with E-state index in [4.69, 9.17) is 9.47 Å². The fourth-order valence-electron chi connectivity index (χ4n) is 3.39. The Morgan fingerprint density at radius 1 is 1.25 bits per heavy atom. The van der Waals surface area contributed by atoms with Crippen LogP contribution in [0.15, 0.2) is 36.5 Å². The summed E-state index contributed by atoms with van der Waals surface area (Å²) in [6.07, 6.45) is 3.27. The molecule has 7 nitrogen and oxygen atoms in total. The number of anilines is 1. The van der Waals surface area contributed by atoms with Crippen molar-refractivity contribution in [2.24, 2.45) is 5.92 Å². The summed E-state index contributed by atoms with van der Waals surface area (Å²) in [5, 5.41) is 11.4. The summed E-state index contributed by atoms with van der Waals surface area (Å²) in [7, 11) is 0. The molecule has 0 radical (unpaired) electrons. The molecule has 0 aliphatic carbocycles. The number of hydrogen-bond acceptors (Lipinski definition) is 5. The number of benzene rings is 1. The molecule has 2 N–H and O–H groups in total. The Kier molecular flexibility index (Phi) is 5.25. The molecule has 3 aromatic rings. The average molecular weight is 380 g/mol. The minimum Gasteiger partial charge on any atom is -0.491 e. The van der Waals surface area contributed by atoms with Gasteiger partial charge in [0.25, 0.3) is 0 Å². The van der Waals surface area contributed by atoms with Crippen molar-refractivity contribution >= 4 is 22.6 Å². The van der Waals surface area contributed by atoms with Crippen LogP contribution in [0.4, 0.5) is 5.82 Å². The number of ether oxygens (including phenoxy) is 2. The van der Waals surface area contributed by atoms with Gasteiger partial charge in [-0.3, -0.25) is 9.89 Å². The number of nitrogens with zero attached hydrogens (tertiary/aromatic N) is 2. The molecule has 0 bridgehead atoms. The van der Waals surface area contributed by atoms with Crippen LogP contribution in [0.1, 0.15) is 26.7 Å². The number of aromatic amines is 1. The van der Waals surface area contributed by atoms with Gasteiger partial charge in [-0.2, -0.15) is 5.10 Å². The Bertz CT molecular complexity index is 977. The molecule has 1 aliphatic heterocycles. The maximum atomic E-state index is 12.5. The summed E-state index contributed by atoms with van der Waals surface area (Å²) in [5.41, 5.74) is 2.61. The van der Waals surface area contributed by atoms with Crippen molar-refractivity contribution in [2.45, 2.75) is 32.8 Å². The summed E-state index contributed by atoms with van der Waals surface area (Å²) < 4.78 is 11.1. The van der Waals surface area contributed by atoms with Gasteiger partial charge < -0.3 is 14.8 Å². The van der Waals surface area contributed by atoms with Crippen molar-refractivity contribution in [3.63, 3.8) is 0 Å². The first-order valence-electron chi connectivity index (χ1n) is 9.60. The Labute approximate surface area is 163 Å². The molecule has 1 amide bonds. The standard InChI is InChI=1S/C21H24N4O3/c1-13(2)28-16-3-4-18-17(12-16)20(25-24-18)15-5-8-22-19(11-15)23-21(26)14-6-9-27-10-7-14/h3-5,8,11-14H,6-7,9-10H2,1-2H3,(H,24,25)(H,22,23,26). The number of pyridine rings is 1. The normalized spacial score (nSPS) is 15.1. The first-order valence-corrected chi connectivity index (χ1v) is 9.60. The largest absolute Gasteiger partial charge is 0.491 e. The topological polar surface area (TPSA) is 89.1 Å². The third-order valence-corrected chi connectivity index (χ3v) is 4.78. The summed E-state index contributed by atoms with van der Waals surface area (Å²) in [4.78, 5) is 16.8. The van der Waals surface area contributed by atoms with Gasteiger partial charge in [-0.25, -0.2) is 4.98 Å². The van der Waals surface area contributed by atoms with Crippen molar-refractivity contribution in [3.8, 4) is 17.0 Å². The van der Waals surface area contributed by atoms with Gasteiger partial charge in [0.1, 0.15) is 17.3 Å². The van der Waals surface area contributed by atoms with Crippen LogP contribution in [0.2, 0.25) is 0 Å². The molecule has 1 saturated heterocycles. The summed E-state index contributed by atoms with van der Waals surface area (Å²) >= 11 is 0. The monoisotopic (exact) mass is 380 g/mol. The number of hydrogen-bond donors (Lipinski definition) is 2. The fourth-order valence-corrected chi connectivity index (χ4v) is 3.39. The predicted molar refractivity (Wildman–Crippen MR) is 107 cm³/mol.